The number of nitrogens with zero attached hydrogens (tertiary/aromatic N) is 1. The molecule has 0 aliphatic carbocycles. The van der Waals surface area contributed by atoms with Gasteiger partial charge in [-0.2, -0.15) is 0 Å². The Morgan fingerprint density at radius 2 is 1.88 bits per heavy atom. The maximum absolute atomic E-state index is 12.5. The Morgan fingerprint density at radius 1 is 1.12 bits per heavy atom. The van der Waals surface area contributed by atoms with Crippen molar-refractivity contribution in [2.45, 2.75) is 18.4 Å². The topological polar surface area (TPSA) is 68.3 Å². The SMILES string of the molecule is COc1cccc(S(=O)(=O)NCc2sc(-c3ccccc3)nc2C)c1. The summed E-state index contributed by atoms with van der Waals surface area (Å²) in [5.74, 6) is 0.503. The fourth-order valence-electron chi connectivity index (χ4n) is 2.31. The van der Waals surface area contributed by atoms with Gasteiger partial charge in [0.2, 0.25) is 10.0 Å². The Balaban J connectivity index is 1.78. The van der Waals surface area contributed by atoms with Gasteiger partial charge in [0.25, 0.3) is 0 Å². The molecule has 0 saturated heterocycles. The van der Waals surface area contributed by atoms with Crippen LogP contribution < -0.4 is 9.46 Å². The van der Waals surface area contributed by atoms with Crippen molar-refractivity contribution in [2.24, 2.45) is 0 Å². The zero-order chi connectivity index (χ0) is 17.9. The van der Waals surface area contributed by atoms with E-state index in [1.807, 2.05) is 37.3 Å². The van der Waals surface area contributed by atoms with Crippen molar-refractivity contribution < 1.29 is 13.2 Å². The van der Waals surface area contributed by atoms with E-state index in [4.69, 9.17) is 4.74 Å². The molecule has 5 nitrogen and oxygen atoms in total. The molecule has 0 aliphatic heterocycles. The van der Waals surface area contributed by atoms with Crippen LogP contribution in [0.3, 0.4) is 0 Å². The van der Waals surface area contributed by atoms with Crippen LogP contribution >= 0.6 is 11.3 Å². The van der Waals surface area contributed by atoms with E-state index < -0.39 is 10.0 Å². The molecule has 7 heteroatoms. The van der Waals surface area contributed by atoms with Gasteiger partial charge >= 0.3 is 0 Å². The van der Waals surface area contributed by atoms with Gasteiger partial charge < -0.3 is 4.74 Å². The Labute approximate surface area is 151 Å². The van der Waals surface area contributed by atoms with E-state index in [0.29, 0.717) is 5.75 Å². The lowest BCUT2D eigenvalue weighted by atomic mass is 10.2. The first kappa shape index (κ1) is 17.6. The standard InChI is InChI=1S/C18H18N2O3S2/c1-13-17(24-18(20-13)14-7-4-3-5-8-14)12-19-25(21,22)16-10-6-9-15(11-16)23-2/h3-11,19H,12H2,1-2H3. The van der Waals surface area contributed by atoms with E-state index in [-0.39, 0.29) is 11.4 Å². The highest BCUT2D eigenvalue weighted by atomic mass is 32.2. The highest BCUT2D eigenvalue weighted by molar-refractivity contribution is 7.89. The smallest absolute Gasteiger partial charge is 0.241 e. The number of nitrogens with one attached hydrogen (secondary N) is 1. The van der Waals surface area contributed by atoms with E-state index in [0.717, 1.165) is 21.1 Å². The molecule has 1 heterocycles. The average molecular weight is 374 g/mol. The predicted octanol–water partition coefficient (Wildman–Crippen LogP) is 3.61. The lowest BCUT2D eigenvalue weighted by molar-refractivity contribution is 0.413. The van der Waals surface area contributed by atoms with Crippen LogP contribution in [-0.2, 0) is 16.6 Å². The highest BCUT2D eigenvalue weighted by Gasteiger charge is 2.17. The van der Waals surface area contributed by atoms with Gasteiger partial charge in [-0.25, -0.2) is 18.1 Å². The van der Waals surface area contributed by atoms with Crippen molar-refractivity contribution in [3.05, 3.63) is 65.2 Å². The molecule has 25 heavy (non-hydrogen) atoms. The van der Waals surface area contributed by atoms with Crippen LogP contribution in [0.15, 0.2) is 59.5 Å². The molecule has 2 aromatic carbocycles. The van der Waals surface area contributed by atoms with E-state index in [1.54, 1.807) is 18.2 Å². The first-order chi connectivity index (χ1) is 12.0. The Kier molecular flexibility index (Phi) is 5.17. The summed E-state index contributed by atoms with van der Waals surface area (Å²) in [6.45, 7) is 2.09. The quantitative estimate of drug-likeness (QED) is 0.716. The summed E-state index contributed by atoms with van der Waals surface area (Å²) < 4.78 is 32.7. The Morgan fingerprint density at radius 3 is 2.60 bits per heavy atom. The molecule has 1 N–H and O–H groups in total. The number of methoxy groups -OCH3 is 1. The summed E-state index contributed by atoms with van der Waals surface area (Å²) in [7, 11) is -2.11. The summed E-state index contributed by atoms with van der Waals surface area (Å²) in [5, 5.41) is 0.883. The first-order valence-corrected chi connectivity index (χ1v) is 9.95. The van der Waals surface area contributed by atoms with Crippen LogP contribution in [0.4, 0.5) is 0 Å². The molecule has 0 amide bonds. The summed E-state index contributed by atoms with van der Waals surface area (Å²) in [5.41, 5.74) is 1.86. The molecule has 0 spiro atoms. The van der Waals surface area contributed by atoms with Gasteiger partial charge in [-0.3, -0.25) is 0 Å². The molecule has 3 aromatic rings. The number of ether oxygens (including phenoxy) is 1. The van der Waals surface area contributed by atoms with Gasteiger partial charge in [-0.05, 0) is 19.1 Å². The lowest BCUT2D eigenvalue weighted by Gasteiger charge is -2.07. The fourth-order valence-corrected chi connectivity index (χ4v) is 4.44. The Hall–Kier alpha value is -2.22. The molecular weight excluding hydrogens is 356 g/mol. The van der Waals surface area contributed by atoms with Gasteiger partial charge in [0, 0.05) is 23.1 Å². The van der Waals surface area contributed by atoms with Gasteiger partial charge in [0.1, 0.15) is 10.8 Å². The minimum atomic E-state index is -3.61. The van der Waals surface area contributed by atoms with Crippen molar-refractivity contribution >= 4 is 21.4 Å². The first-order valence-electron chi connectivity index (χ1n) is 7.65. The van der Waals surface area contributed by atoms with E-state index in [9.17, 15) is 8.42 Å². The summed E-state index contributed by atoms with van der Waals surface area (Å²) >= 11 is 1.49. The van der Waals surface area contributed by atoms with Gasteiger partial charge in [-0.1, -0.05) is 36.4 Å². The second-order valence-corrected chi connectivity index (χ2v) is 8.25. The van der Waals surface area contributed by atoms with Gasteiger partial charge in [0.15, 0.2) is 0 Å². The van der Waals surface area contributed by atoms with Crippen molar-refractivity contribution in [1.29, 1.82) is 0 Å². The predicted molar refractivity (Wildman–Crippen MR) is 99.3 cm³/mol. The van der Waals surface area contributed by atoms with Crippen LogP contribution in [0.1, 0.15) is 10.6 Å². The van der Waals surface area contributed by atoms with Gasteiger partial charge in [0.05, 0.1) is 17.7 Å². The third-order valence-electron chi connectivity index (χ3n) is 3.69. The van der Waals surface area contributed by atoms with Crippen molar-refractivity contribution in [1.82, 2.24) is 9.71 Å². The third kappa shape index (κ3) is 4.07. The normalized spacial score (nSPS) is 11.4. The van der Waals surface area contributed by atoms with Crippen molar-refractivity contribution in [3.63, 3.8) is 0 Å². The maximum Gasteiger partial charge on any atom is 0.241 e. The summed E-state index contributed by atoms with van der Waals surface area (Å²) in [4.78, 5) is 5.62. The number of hydrogen-bond donors (Lipinski definition) is 1. The molecule has 0 saturated carbocycles. The largest absolute Gasteiger partial charge is 0.497 e. The van der Waals surface area contributed by atoms with Crippen LogP contribution in [0.25, 0.3) is 10.6 Å². The van der Waals surface area contributed by atoms with Crippen molar-refractivity contribution in [3.8, 4) is 16.3 Å². The average Bonchev–Trinajstić information content (AvgIpc) is 3.02. The van der Waals surface area contributed by atoms with E-state index in [1.165, 1.54) is 24.5 Å². The van der Waals surface area contributed by atoms with Gasteiger partial charge in [-0.15, -0.1) is 11.3 Å². The number of sulfonamides is 1. The molecule has 0 bridgehead atoms. The second-order valence-electron chi connectivity index (χ2n) is 5.40. The molecule has 0 aliphatic rings. The third-order valence-corrected chi connectivity index (χ3v) is 6.29. The second kappa shape index (κ2) is 7.35. The van der Waals surface area contributed by atoms with Crippen LogP contribution in [-0.4, -0.2) is 20.5 Å². The van der Waals surface area contributed by atoms with Crippen LogP contribution in [0.5, 0.6) is 5.75 Å². The molecule has 3 rings (SSSR count). The van der Waals surface area contributed by atoms with E-state index in [2.05, 4.69) is 9.71 Å². The Bertz CT molecular complexity index is 967. The molecule has 0 unspecified atom stereocenters. The minimum absolute atomic E-state index is 0.178. The number of rotatable bonds is 6. The molecule has 0 atom stereocenters. The molecule has 130 valence electrons. The summed E-state index contributed by atoms with van der Waals surface area (Å²) in [6.07, 6.45) is 0. The molecule has 0 fully saturated rings. The number of aromatic nitrogens is 1. The van der Waals surface area contributed by atoms with Crippen molar-refractivity contribution in [2.75, 3.05) is 7.11 Å². The van der Waals surface area contributed by atoms with Crippen LogP contribution in [0.2, 0.25) is 0 Å². The zero-order valence-electron chi connectivity index (χ0n) is 13.9. The maximum atomic E-state index is 12.5. The zero-order valence-corrected chi connectivity index (χ0v) is 15.5. The number of thiazole rings is 1. The van der Waals surface area contributed by atoms with E-state index >= 15 is 0 Å². The number of hydrogen-bond acceptors (Lipinski definition) is 5. The monoisotopic (exact) mass is 374 g/mol. The highest BCUT2D eigenvalue weighted by Crippen LogP contribution is 2.28. The molecule has 1 aromatic heterocycles. The lowest BCUT2D eigenvalue weighted by Crippen LogP contribution is -2.23. The summed E-state index contributed by atoms with van der Waals surface area (Å²) in [6, 6.07) is 16.2. The number of benzene rings is 2. The molecule has 0 radical (unpaired) electrons. The molecular formula is C18H18N2O3S2. The van der Waals surface area contributed by atoms with Crippen LogP contribution in [0, 0.1) is 6.92 Å². The fraction of sp³-hybridized carbons (Fsp3) is 0.167. The number of aryl methyl sites for hydroxylation is 1. The minimum Gasteiger partial charge on any atom is -0.497 e.